The maximum absolute atomic E-state index is 11.5. The molecule has 3 nitrogen and oxygen atoms in total. The minimum Gasteiger partial charge on any atom is -0.461 e. The molecule has 1 aromatic heterocycles. The van der Waals surface area contributed by atoms with Gasteiger partial charge in [0, 0.05) is 0 Å². The standard InChI is InChI=1S/C10H14O3/c1-10(2,3)9(12)8(11)7-5-4-6-13-7/h4-6,9,12H,1-3H3. The van der Waals surface area contributed by atoms with E-state index in [1.807, 2.05) is 0 Å². The van der Waals surface area contributed by atoms with E-state index in [9.17, 15) is 9.90 Å². The van der Waals surface area contributed by atoms with E-state index in [2.05, 4.69) is 0 Å². The number of carbonyl (C=O) groups is 1. The lowest BCUT2D eigenvalue weighted by Crippen LogP contribution is -2.33. The Morgan fingerprint density at radius 3 is 2.54 bits per heavy atom. The predicted molar refractivity (Wildman–Crippen MR) is 48.5 cm³/mol. The monoisotopic (exact) mass is 182 g/mol. The van der Waals surface area contributed by atoms with Gasteiger partial charge in [-0.15, -0.1) is 0 Å². The first-order valence-electron chi connectivity index (χ1n) is 4.18. The highest BCUT2D eigenvalue weighted by molar-refractivity contribution is 5.97. The number of aliphatic hydroxyl groups excluding tert-OH is 1. The van der Waals surface area contributed by atoms with Crippen LogP contribution >= 0.6 is 0 Å². The van der Waals surface area contributed by atoms with Gasteiger partial charge in [-0.1, -0.05) is 20.8 Å². The van der Waals surface area contributed by atoms with Crippen molar-refractivity contribution in [2.24, 2.45) is 5.41 Å². The van der Waals surface area contributed by atoms with Crippen LogP contribution in [-0.4, -0.2) is 17.0 Å². The molecule has 0 saturated carbocycles. The Kier molecular flexibility index (Phi) is 2.57. The quantitative estimate of drug-likeness (QED) is 0.710. The summed E-state index contributed by atoms with van der Waals surface area (Å²) in [5.41, 5.74) is -0.454. The van der Waals surface area contributed by atoms with Crippen molar-refractivity contribution in [1.29, 1.82) is 0 Å². The molecule has 1 rings (SSSR count). The lowest BCUT2D eigenvalue weighted by molar-refractivity contribution is 0.0416. The topological polar surface area (TPSA) is 50.4 Å². The molecule has 0 aliphatic carbocycles. The molecule has 0 aliphatic rings. The Hall–Kier alpha value is -1.09. The minimum atomic E-state index is -1.02. The average Bonchev–Trinajstić information content (AvgIpc) is 2.51. The molecule has 1 unspecified atom stereocenters. The lowest BCUT2D eigenvalue weighted by atomic mass is 9.86. The Bertz CT molecular complexity index is 280. The van der Waals surface area contributed by atoms with Crippen LogP contribution in [0.25, 0.3) is 0 Å². The van der Waals surface area contributed by atoms with Gasteiger partial charge in [-0.3, -0.25) is 4.79 Å². The summed E-state index contributed by atoms with van der Waals surface area (Å²) in [5, 5.41) is 9.62. The van der Waals surface area contributed by atoms with Gasteiger partial charge in [0.15, 0.2) is 5.76 Å². The van der Waals surface area contributed by atoms with Crippen molar-refractivity contribution < 1.29 is 14.3 Å². The zero-order valence-electron chi connectivity index (χ0n) is 8.07. The molecule has 1 aromatic rings. The van der Waals surface area contributed by atoms with Gasteiger partial charge in [0.25, 0.3) is 0 Å². The van der Waals surface area contributed by atoms with Crippen molar-refractivity contribution in [3.63, 3.8) is 0 Å². The molecule has 3 heteroatoms. The molecule has 1 N–H and O–H groups in total. The molecule has 13 heavy (non-hydrogen) atoms. The van der Waals surface area contributed by atoms with E-state index in [-0.39, 0.29) is 11.5 Å². The lowest BCUT2D eigenvalue weighted by Gasteiger charge is -2.23. The largest absolute Gasteiger partial charge is 0.461 e. The van der Waals surface area contributed by atoms with E-state index in [0.717, 1.165) is 0 Å². The van der Waals surface area contributed by atoms with Gasteiger partial charge >= 0.3 is 0 Å². The predicted octanol–water partition coefficient (Wildman–Crippen LogP) is 1.87. The normalized spacial score (nSPS) is 14.2. The van der Waals surface area contributed by atoms with E-state index in [0.29, 0.717) is 0 Å². The number of ketones is 1. The maximum atomic E-state index is 11.5. The van der Waals surface area contributed by atoms with Gasteiger partial charge in [-0.25, -0.2) is 0 Å². The van der Waals surface area contributed by atoms with E-state index in [4.69, 9.17) is 4.42 Å². The summed E-state index contributed by atoms with van der Waals surface area (Å²) < 4.78 is 4.90. The summed E-state index contributed by atoms with van der Waals surface area (Å²) >= 11 is 0. The fraction of sp³-hybridized carbons (Fsp3) is 0.500. The first-order chi connectivity index (χ1) is 5.93. The molecule has 72 valence electrons. The van der Waals surface area contributed by atoms with Gasteiger partial charge in [0.05, 0.1) is 6.26 Å². The van der Waals surface area contributed by atoms with Crippen LogP contribution in [-0.2, 0) is 0 Å². The van der Waals surface area contributed by atoms with Crippen LogP contribution < -0.4 is 0 Å². The fourth-order valence-electron chi connectivity index (χ4n) is 0.947. The van der Waals surface area contributed by atoms with Crippen LogP contribution in [0.2, 0.25) is 0 Å². The van der Waals surface area contributed by atoms with Gasteiger partial charge < -0.3 is 9.52 Å². The molecular weight excluding hydrogens is 168 g/mol. The highest BCUT2D eigenvalue weighted by atomic mass is 16.3. The van der Waals surface area contributed by atoms with Crippen LogP contribution in [0.3, 0.4) is 0 Å². The summed E-state index contributed by atoms with van der Waals surface area (Å²) in [5.74, 6) is -0.153. The van der Waals surface area contributed by atoms with Gasteiger partial charge in [-0.05, 0) is 17.5 Å². The van der Waals surface area contributed by atoms with E-state index >= 15 is 0 Å². The van der Waals surface area contributed by atoms with E-state index in [1.54, 1.807) is 32.9 Å². The van der Waals surface area contributed by atoms with Crippen molar-refractivity contribution >= 4 is 5.78 Å². The highest BCUT2D eigenvalue weighted by Gasteiger charge is 2.31. The summed E-state index contributed by atoms with van der Waals surface area (Å²) in [6.07, 6.45) is 0.404. The van der Waals surface area contributed by atoms with Gasteiger partial charge in [0.1, 0.15) is 6.10 Å². The molecule has 0 amide bonds. The van der Waals surface area contributed by atoms with Crippen LogP contribution in [0.4, 0.5) is 0 Å². The van der Waals surface area contributed by atoms with E-state index in [1.165, 1.54) is 6.26 Å². The number of hydrogen-bond donors (Lipinski definition) is 1. The second-order valence-electron chi connectivity index (χ2n) is 4.11. The van der Waals surface area contributed by atoms with Crippen molar-refractivity contribution in [2.75, 3.05) is 0 Å². The number of Topliss-reactive ketones (excluding diaryl/α,β-unsaturated/α-hetero) is 1. The molecule has 0 bridgehead atoms. The van der Waals surface area contributed by atoms with Crippen LogP contribution in [0.15, 0.2) is 22.8 Å². The Balaban J connectivity index is 2.81. The maximum Gasteiger partial charge on any atom is 0.226 e. The second kappa shape index (κ2) is 3.34. The second-order valence-corrected chi connectivity index (χ2v) is 4.11. The van der Waals surface area contributed by atoms with Crippen molar-refractivity contribution in [2.45, 2.75) is 26.9 Å². The van der Waals surface area contributed by atoms with Crippen molar-refractivity contribution in [1.82, 2.24) is 0 Å². The molecule has 1 atom stereocenters. The van der Waals surface area contributed by atoms with E-state index < -0.39 is 11.5 Å². The Morgan fingerprint density at radius 2 is 2.15 bits per heavy atom. The highest BCUT2D eigenvalue weighted by Crippen LogP contribution is 2.22. The van der Waals surface area contributed by atoms with Crippen molar-refractivity contribution in [3.8, 4) is 0 Å². The number of hydrogen-bond acceptors (Lipinski definition) is 3. The number of furan rings is 1. The molecule has 0 saturated heterocycles. The Morgan fingerprint density at radius 1 is 1.54 bits per heavy atom. The van der Waals surface area contributed by atoms with Crippen molar-refractivity contribution in [3.05, 3.63) is 24.2 Å². The third-order valence-electron chi connectivity index (χ3n) is 1.83. The summed E-state index contributed by atoms with van der Waals surface area (Å²) in [4.78, 5) is 11.5. The molecule has 0 fully saturated rings. The first-order valence-corrected chi connectivity index (χ1v) is 4.18. The molecule has 0 aromatic carbocycles. The molecule has 0 aliphatic heterocycles. The number of carbonyl (C=O) groups excluding carboxylic acids is 1. The molecular formula is C10H14O3. The van der Waals surface area contributed by atoms with Gasteiger partial charge in [0.2, 0.25) is 5.78 Å². The SMILES string of the molecule is CC(C)(C)C(O)C(=O)c1ccco1. The zero-order chi connectivity index (χ0) is 10.1. The minimum absolute atomic E-state index is 0.211. The third-order valence-corrected chi connectivity index (χ3v) is 1.83. The average molecular weight is 182 g/mol. The van der Waals surface area contributed by atoms with Crippen LogP contribution in [0.1, 0.15) is 31.3 Å². The third kappa shape index (κ3) is 2.18. The smallest absolute Gasteiger partial charge is 0.226 e. The zero-order valence-corrected chi connectivity index (χ0v) is 8.07. The molecule has 0 spiro atoms. The summed E-state index contributed by atoms with van der Waals surface area (Å²) in [7, 11) is 0. The number of aliphatic hydroxyl groups is 1. The fourth-order valence-corrected chi connectivity index (χ4v) is 0.947. The Labute approximate surface area is 77.4 Å². The number of rotatable bonds is 2. The van der Waals surface area contributed by atoms with Crippen LogP contribution in [0, 0.1) is 5.41 Å². The summed E-state index contributed by atoms with van der Waals surface area (Å²) in [6.45, 7) is 5.41. The molecule has 1 heterocycles. The van der Waals surface area contributed by atoms with Crippen LogP contribution in [0.5, 0.6) is 0 Å². The molecule has 0 radical (unpaired) electrons. The summed E-state index contributed by atoms with van der Waals surface area (Å²) in [6, 6.07) is 3.18. The first kappa shape index (κ1) is 9.99. The van der Waals surface area contributed by atoms with Gasteiger partial charge in [-0.2, -0.15) is 0 Å².